The number of benzene rings is 1. The zero-order valence-corrected chi connectivity index (χ0v) is 12.6. The van der Waals surface area contributed by atoms with Gasteiger partial charge in [-0.15, -0.1) is 11.3 Å². The quantitative estimate of drug-likeness (QED) is 0.881. The summed E-state index contributed by atoms with van der Waals surface area (Å²) >= 11 is 12.3. The third kappa shape index (κ3) is 3.21. The van der Waals surface area contributed by atoms with E-state index in [0.717, 1.165) is 11.3 Å². The van der Waals surface area contributed by atoms with E-state index in [1.165, 1.54) is 23.6 Å². The largest absolute Gasteiger partial charge is 0.476 e. The van der Waals surface area contributed by atoms with Crippen molar-refractivity contribution < 1.29 is 18.3 Å². The number of sulfonamides is 1. The van der Waals surface area contributed by atoms with Crippen LogP contribution in [0.25, 0.3) is 0 Å². The first-order valence-corrected chi connectivity index (χ1v) is 8.08. The lowest BCUT2D eigenvalue weighted by Gasteiger charge is -2.06. The number of carboxylic acid groups (broad SMARTS) is 1. The molecule has 0 atom stereocenters. The Morgan fingerprint density at radius 3 is 2.55 bits per heavy atom. The topological polar surface area (TPSA) is 96.4 Å². The molecule has 0 unspecified atom stereocenters. The zero-order valence-electron chi connectivity index (χ0n) is 9.50. The van der Waals surface area contributed by atoms with Crippen LogP contribution in [0.3, 0.4) is 0 Å². The van der Waals surface area contributed by atoms with E-state index >= 15 is 0 Å². The molecule has 0 aliphatic rings. The molecule has 2 aromatic rings. The van der Waals surface area contributed by atoms with Gasteiger partial charge in [0.15, 0.2) is 10.8 Å². The van der Waals surface area contributed by atoms with Crippen LogP contribution in [-0.2, 0) is 10.0 Å². The molecular formula is C10H6Cl2N2O4S2. The summed E-state index contributed by atoms with van der Waals surface area (Å²) in [7, 11) is -3.90. The highest BCUT2D eigenvalue weighted by Crippen LogP contribution is 2.26. The van der Waals surface area contributed by atoms with Gasteiger partial charge in [0.1, 0.15) is 0 Å². The Bertz CT molecular complexity index is 773. The fourth-order valence-electron chi connectivity index (χ4n) is 1.24. The number of aromatic nitrogens is 1. The minimum absolute atomic E-state index is 0.0477. The molecular weight excluding hydrogens is 347 g/mol. The Hall–Kier alpha value is -1.35. The summed E-state index contributed by atoms with van der Waals surface area (Å²) in [5, 5.41) is 10.2. The normalized spacial score (nSPS) is 11.3. The average molecular weight is 353 g/mol. The van der Waals surface area contributed by atoms with Crippen LogP contribution in [0.2, 0.25) is 10.0 Å². The van der Waals surface area contributed by atoms with Gasteiger partial charge in [0.25, 0.3) is 10.0 Å². The summed E-state index contributed by atoms with van der Waals surface area (Å²) in [6.45, 7) is 0. The van der Waals surface area contributed by atoms with Crippen molar-refractivity contribution in [2.45, 2.75) is 4.90 Å². The number of hydrogen-bond donors (Lipinski definition) is 2. The Morgan fingerprint density at radius 2 is 2.00 bits per heavy atom. The second kappa shape index (κ2) is 5.57. The SMILES string of the molecule is O=C(O)c1csc(NS(=O)(=O)c2ccc(Cl)c(Cl)c2)n1. The third-order valence-corrected chi connectivity index (χ3v) is 5.11. The molecule has 0 saturated heterocycles. The van der Waals surface area contributed by atoms with Crippen LogP contribution in [0.15, 0.2) is 28.5 Å². The number of carboxylic acids is 1. The zero-order chi connectivity index (χ0) is 14.9. The maximum atomic E-state index is 12.1. The number of thiazole rings is 1. The lowest BCUT2D eigenvalue weighted by atomic mass is 10.4. The predicted molar refractivity (Wildman–Crippen MR) is 76.3 cm³/mol. The molecule has 20 heavy (non-hydrogen) atoms. The molecule has 106 valence electrons. The Balaban J connectivity index is 2.30. The van der Waals surface area contributed by atoms with Crippen LogP contribution in [0.4, 0.5) is 5.13 Å². The molecule has 0 bridgehead atoms. The van der Waals surface area contributed by atoms with E-state index in [0.29, 0.717) is 0 Å². The van der Waals surface area contributed by atoms with Crippen molar-refractivity contribution >= 4 is 55.7 Å². The van der Waals surface area contributed by atoms with Crippen LogP contribution < -0.4 is 4.72 Å². The van der Waals surface area contributed by atoms with E-state index in [2.05, 4.69) is 9.71 Å². The van der Waals surface area contributed by atoms with Crippen molar-refractivity contribution in [1.82, 2.24) is 4.98 Å². The predicted octanol–water partition coefficient (Wildman–Crippen LogP) is 2.95. The number of nitrogens with zero attached hydrogens (tertiary/aromatic N) is 1. The van der Waals surface area contributed by atoms with Gasteiger partial charge in [0.2, 0.25) is 0 Å². The minimum Gasteiger partial charge on any atom is -0.476 e. The van der Waals surface area contributed by atoms with Gasteiger partial charge in [-0.2, -0.15) is 0 Å². The monoisotopic (exact) mass is 352 g/mol. The second-order valence-electron chi connectivity index (χ2n) is 3.52. The molecule has 0 spiro atoms. The molecule has 0 amide bonds. The molecule has 0 radical (unpaired) electrons. The number of halogens is 2. The van der Waals surface area contributed by atoms with Crippen molar-refractivity contribution in [1.29, 1.82) is 0 Å². The van der Waals surface area contributed by atoms with Crippen LogP contribution in [-0.4, -0.2) is 24.5 Å². The highest BCUT2D eigenvalue weighted by molar-refractivity contribution is 7.93. The molecule has 0 aliphatic heterocycles. The number of carbonyl (C=O) groups is 1. The standard InChI is InChI=1S/C10H6Cl2N2O4S2/c11-6-2-1-5(3-7(6)12)20(17,18)14-10-13-8(4-19-10)9(15)16/h1-4H,(H,13,14)(H,15,16). The summed E-state index contributed by atoms with van der Waals surface area (Å²) in [6, 6.07) is 3.82. The molecule has 1 aromatic carbocycles. The van der Waals surface area contributed by atoms with Gasteiger partial charge in [0.05, 0.1) is 14.9 Å². The first-order valence-electron chi connectivity index (χ1n) is 4.96. The number of rotatable bonds is 4. The maximum Gasteiger partial charge on any atom is 0.355 e. The Morgan fingerprint density at radius 1 is 1.30 bits per heavy atom. The van der Waals surface area contributed by atoms with Crippen LogP contribution in [0, 0.1) is 0 Å². The van der Waals surface area contributed by atoms with Gasteiger partial charge in [-0.25, -0.2) is 18.2 Å². The molecule has 0 saturated carbocycles. The fourth-order valence-corrected chi connectivity index (χ4v) is 3.56. The summed E-state index contributed by atoms with van der Waals surface area (Å²) < 4.78 is 26.3. The van der Waals surface area contributed by atoms with E-state index < -0.39 is 16.0 Å². The van der Waals surface area contributed by atoms with Crippen LogP contribution in [0.1, 0.15) is 10.5 Å². The fraction of sp³-hybridized carbons (Fsp3) is 0. The van der Waals surface area contributed by atoms with Gasteiger partial charge in [-0.1, -0.05) is 23.2 Å². The lowest BCUT2D eigenvalue weighted by Crippen LogP contribution is -2.13. The second-order valence-corrected chi connectivity index (χ2v) is 6.88. The summed E-state index contributed by atoms with van der Waals surface area (Å²) in [5.41, 5.74) is -0.234. The Kier molecular flexibility index (Phi) is 4.19. The number of nitrogens with one attached hydrogen (secondary N) is 1. The summed E-state index contributed by atoms with van der Waals surface area (Å²) in [4.78, 5) is 14.2. The maximum absolute atomic E-state index is 12.1. The van der Waals surface area contributed by atoms with E-state index in [1.807, 2.05) is 0 Å². The average Bonchev–Trinajstić information content (AvgIpc) is 2.80. The van der Waals surface area contributed by atoms with Crippen LogP contribution >= 0.6 is 34.5 Å². The summed E-state index contributed by atoms with van der Waals surface area (Å²) in [5.74, 6) is -1.23. The minimum atomic E-state index is -3.90. The van der Waals surface area contributed by atoms with E-state index in [9.17, 15) is 13.2 Å². The number of hydrogen-bond acceptors (Lipinski definition) is 5. The number of aromatic carboxylic acids is 1. The van der Waals surface area contributed by atoms with Crippen LogP contribution in [0.5, 0.6) is 0 Å². The van der Waals surface area contributed by atoms with Crippen molar-refractivity contribution in [2.75, 3.05) is 4.72 Å². The molecule has 0 fully saturated rings. The lowest BCUT2D eigenvalue weighted by molar-refractivity contribution is 0.0691. The van der Waals surface area contributed by atoms with Gasteiger partial charge in [-0.05, 0) is 18.2 Å². The molecule has 1 aromatic heterocycles. The van der Waals surface area contributed by atoms with Gasteiger partial charge in [0, 0.05) is 5.38 Å². The first kappa shape index (κ1) is 15.0. The molecule has 1 heterocycles. The molecule has 0 aliphatic carbocycles. The first-order chi connectivity index (χ1) is 9.29. The highest BCUT2D eigenvalue weighted by atomic mass is 35.5. The van der Waals surface area contributed by atoms with Gasteiger partial charge < -0.3 is 5.11 Å². The smallest absolute Gasteiger partial charge is 0.355 e. The van der Waals surface area contributed by atoms with E-state index in [1.54, 1.807) is 0 Å². The summed E-state index contributed by atoms with van der Waals surface area (Å²) in [6.07, 6.45) is 0. The molecule has 2 rings (SSSR count). The molecule has 10 heteroatoms. The van der Waals surface area contributed by atoms with Gasteiger partial charge in [-0.3, -0.25) is 4.72 Å². The Labute approximate surface area is 128 Å². The van der Waals surface area contributed by atoms with Gasteiger partial charge >= 0.3 is 5.97 Å². The highest BCUT2D eigenvalue weighted by Gasteiger charge is 2.18. The number of anilines is 1. The van der Waals surface area contributed by atoms with Crippen molar-refractivity contribution in [2.24, 2.45) is 0 Å². The van der Waals surface area contributed by atoms with E-state index in [4.69, 9.17) is 28.3 Å². The molecule has 6 nitrogen and oxygen atoms in total. The van der Waals surface area contributed by atoms with E-state index in [-0.39, 0.29) is 25.8 Å². The van der Waals surface area contributed by atoms with Crippen molar-refractivity contribution in [3.05, 3.63) is 39.3 Å². The van der Waals surface area contributed by atoms with Crippen molar-refractivity contribution in [3.63, 3.8) is 0 Å². The van der Waals surface area contributed by atoms with Crippen molar-refractivity contribution in [3.8, 4) is 0 Å². The third-order valence-electron chi connectivity index (χ3n) is 2.15. The molecule has 2 N–H and O–H groups in total.